The van der Waals surface area contributed by atoms with Crippen molar-refractivity contribution in [3.8, 4) is 44.9 Å². The van der Waals surface area contributed by atoms with Gasteiger partial charge in [-0.25, -0.2) is 18.7 Å². The maximum absolute atomic E-state index is 14.4. The average molecular weight is 729 g/mol. The third-order valence-electron chi connectivity index (χ3n) is 11.0. The summed E-state index contributed by atoms with van der Waals surface area (Å²) in [6.07, 6.45) is 8.09. The van der Waals surface area contributed by atoms with E-state index in [-0.39, 0.29) is 11.6 Å². The van der Waals surface area contributed by atoms with Gasteiger partial charge in [0.15, 0.2) is 0 Å². The summed E-state index contributed by atoms with van der Waals surface area (Å²) >= 11 is 0. The highest BCUT2D eigenvalue weighted by Crippen LogP contribution is 2.46. The van der Waals surface area contributed by atoms with E-state index >= 15 is 0 Å². The number of nitrogens with zero attached hydrogens (tertiary/aromatic N) is 3. The minimum Gasteiger partial charge on any atom is -0.381 e. The van der Waals surface area contributed by atoms with Crippen LogP contribution in [-0.2, 0) is 0 Å². The summed E-state index contributed by atoms with van der Waals surface area (Å²) in [6.45, 7) is 5.06. The number of hydrogen-bond acceptors (Lipinski definition) is 4. The molecular formula is C50H34F2N4. The highest BCUT2D eigenvalue weighted by molar-refractivity contribution is 6.25. The number of benzene rings is 6. The topological polar surface area (TPSA) is 50.7 Å². The summed E-state index contributed by atoms with van der Waals surface area (Å²) in [5, 5.41) is 9.68. The monoisotopic (exact) mass is 728 g/mol. The van der Waals surface area contributed by atoms with Gasteiger partial charge in [-0.15, -0.1) is 0 Å². The molecule has 4 nitrogen and oxygen atoms in total. The first-order valence-electron chi connectivity index (χ1n) is 18.7. The molecule has 0 spiro atoms. The molecule has 0 saturated carbocycles. The van der Waals surface area contributed by atoms with Crippen molar-refractivity contribution in [3.63, 3.8) is 0 Å². The van der Waals surface area contributed by atoms with Gasteiger partial charge in [0.05, 0.1) is 28.1 Å². The first kappa shape index (κ1) is 33.5. The van der Waals surface area contributed by atoms with E-state index in [1.807, 2.05) is 54.7 Å². The van der Waals surface area contributed by atoms with Crippen LogP contribution in [0.3, 0.4) is 0 Å². The Kier molecular flexibility index (Phi) is 7.99. The standard InChI is InChI=1S/C50H34F2N4/c1-29-45-39-9-3-4-12-43(39)55-49(31-13-18-37(51)19-14-31)47(45)30(2)46-40-22-17-33(28-44(40)56-50(48(29)46)32-15-20-38(52)21-16-32)34-25-35(41-10-5-7-23-53-41)27-36(26-34)42-11-6-8-24-54-42/h3-23,25-28,54H,24H2,1-2H3. The van der Waals surface area contributed by atoms with Crippen molar-refractivity contribution in [2.45, 2.75) is 13.8 Å². The summed E-state index contributed by atoms with van der Waals surface area (Å²) < 4.78 is 28.7. The third-order valence-corrected chi connectivity index (χ3v) is 11.0. The number of hydrogen-bond donors (Lipinski definition) is 1. The van der Waals surface area contributed by atoms with Crippen molar-refractivity contribution in [1.29, 1.82) is 0 Å². The molecule has 9 aromatic rings. The highest BCUT2D eigenvalue weighted by Gasteiger charge is 2.23. The molecule has 1 aliphatic heterocycles. The zero-order chi connectivity index (χ0) is 37.9. The predicted molar refractivity (Wildman–Crippen MR) is 226 cm³/mol. The number of allylic oxidation sites excluding steroid dienone is 2. The molecule has 6 aromatic carbocycles. The normalized spacial score (nSPS) is 12.8. The molecular weight excluding hydrogens is 695 g/mol. The van der Waals surface area contributed by atoms with Gasteiger partial charge in [-0.2, -0.15) is 0 Å². The van der Waals surface area contributed by atoms with Gasteiger partial charge in [0, 0.05) is 56.7 Å². The van der Waals surface area contributed by atoms with Gasteiger partial charge in [0.2, 0.25) is 0 Å². The molecule has 0 amide bonds. The molecule has 4 heterocycles. The van der Waals surface area contributed by atoms with Crippen LogP contribution in [0.1, 0.15) is 16.7 Å². The Hall–Kier alpha value is -7.05. The van der Waals surface area contributed by atoms with Crippen LogP contribution in [0.25, 0.3) is 93.9 Å². The predicted octanol–water partition coefficient (Wildman–Crippen LogP) is 12.5. The smallest absolute Gasteiger partial charge is 0.123 e. The summed E-state index contributed by atoms with van der Waals surface area (Å²) in [4.78, 5) is 15.3. The summed E-state index contributed by atoms with van der Waals surface area (Å²) in [5.41, 5.74) is 13.1. The Morgan fingerprint density at radius 3 is 1.75 bits per heavy atom. The van der Waals surface area contributed by atoms with E-state index in [2.05, 4.69) is 84.8 Å². The Morgan fingerprint density at radius 2 is 1.11 bits per heavy atom. The molecule has 6 heteroatoms. The molecule has 0 bridgehead atoms. The van der Waals surface area contributed by atoms with Gasteiger partial charge in [-0.3, -0.25) is 4.98 Å². The number of para-hydroxylation sites is 1. The summed E-state index contributed by atoms with van der Waals surface area (Å²) in [6, 6.07) is 40.4. The molecule has 10 rings (SSSR count). The molecule has 1 aliphatic rings. The van der Waals surface area contributed by atoms with Crippen molar-refractivity contribution in [1.82, 2.24) is 20.3 Å². The maximum Gasteiger partial charge on any atom is 0.123 e. The number of nitrogens with one attached hydrogen (secondary N) is 1. The van der Waals surface area contributed by atoms with Crippen molar-refractivity contribution < 1.29 is 8.78 Å². The molecule has 0 radical (unpaired) electrons. The molecule has 56 heavy (non-hydrogen) atoms. The number of fused-ring (bicyclic) bond motifs is 6. The maximum atomic E-state index is 14.4. The molecule has 0 atom stereocenters. The Balaban J connectivity index is 1.30. The Morgan fingerprint density at radius 1 is 0.518 bits per heavy atom. The van der Waals surface area contributed by atoms with E-state index in [9.17, 15) is 8.78 Å². The molecule has 1 N–H and O–H groups in total. The highest BCUT2D eigenvalue weighted by atomic mass is 19.1. The molecule has 268 valence electrons. The van der Waals surface area contributed by atoms with E-state index in [0.29, 0.717) is 0 Å². The Labute approximate surface area is 322 Å². The molecule has 0 fully saturated rings. The number of aryl methyl sites for hydroxylation is 2. The van der Waals surface area contributed by atoms with E-state index in [1.165, 1.54) is 24.3 Å². The fraction of sp³-hybridized carbons (Fsp3) is 0.0600. The second kappa shape index (κ2) is 13.4. The SMILES string of the molecule is Cc1c2c(-c3ccc(F)cc3)nc3cc(-c4cc(C5=CC=CCN5)cc(-c5ccccn5)c4)ccc3c2c(C)c2c(-c3ccc(F)cc3)nc3ccccc3c12. The largest absolute Gasteiger partial charge is 0.381 e. The average Bonchev–Trinajstić information content (AvgIpc) is 3.25. The van der Waals surface area contributed by atoms with Crippen molar-refractivity contribution in [3.05, 3.63) is 180 Å². The van der Waals surface area contributed by atoms with E-state index in [1.54, 1.807) is 12.1 Å². The molecule has 0 aliphatic carbocycles. The van der Waals surface area contributed by atoms with E-state index in [4.69, 9.17) is 9.97 Å². The second-order valence-electron chi connectivity index (χ2n) is 14.3. The fourth-order valence-electron chi connectivity index (χ4n) is 8.34. The van der Waals surface area contributed by atoms with Crippen molar-refractivity contribution >= 4 is 49.0 Å². The summed E-state index contributed by atoms with van der Waals surface area (Å²) in [5.74, 6) is -0.600. The lowest BCUT2D eigenvalue weighted by atomic mass is 9.85. The molecule has 0 unspecified atom stereocenters. The van der Waals surface area contributed by atoms with E-state index < -0.39 is 0 Å². The van der Waals surface area contributed by atoms with Gasteiger partial charge >= 0.3 is 0 Å². The lowest BCUT2D eigenvalue weighted by molar-refractivity contribution is 0.627. The number of halogens is 2. The van der Waals surface area contributed by atoms with Crippen LogP contribution in [-0.4, -0.2) is 21.5 Å². The van der Waals surface area contributed by atoms with Gasteiger partial charge in [-0.05, 0) is 150 Å². The van der Waals surface area contributed by atoms with Crippen molar-refractivity contribution in [2.24, 2.45) is 0 Å². The van der Waals surface area contributed by atoms with Crippen LogP contribution >= 0.6 is 0 Å². The minimum atomic E-state index is -0.304. The third kappa shape index (κ3) is 5.61. The van der Waals surface area contributed by atoms with Gasteiger partial charge < -0.3 is 5.32 Å². The van der Waals surface area contributed by atoms with Crippen LogP contribution in [0.5, 0.6) is 0 Å². The van der Waals surface area contributed by atoms with Gasteiger partial charge in [0.25, 0.3) is 0 Å². The van der Waals surface area contributed by atoms with Gasteiger partial charge in [-0.1, -0.05) is 48.6 Å². The Bertz CT molecular complexity index is 3100. The second-order valence-corrected chi connectivity index (χ2v) is 14.3. The zero-order valence-corrected chi connectivity index (χ0v) is 30.7. The molecule has 0 saturated heterocycles. The first-order valence-corrected chi connectivity index (χ1v) is 18.7. The number of rotatable bonds is 5. The van der Waals surface area contributed by atoms with Crippen LogP contribution in [0.15, 0.2) is 152 Å². The fourth-order valence-corrected chi connectivity index (χ4v) is 8.34. The quantitative estimate of drug-likeness (QED) is 0.142. The minimum absolute atomic E-state index is 0.296. The van der Waals surface area contributed by atoms with E-state index in [0.717, 1.165) is 117 Å². The molecule has 3 aromatic heterocycles. The van der Waals surface area contributed by atoms with Crippen molar-refractivity contribution in [2.75, 3.05) is 6.54 Å². The van der Waals surface area contributed by atoms with Crippen LogP contribution in [0, 0.1) is 25.5 Å². The van der Waals surface area contributed by atoms with Crippen LogP contribution < -0.4 is 5.32 Å². The van der Waals surface area contributed by atoms with Gasteiger partial charge in [0.1, 0.15) is 11.6 Å². The number of dihydropyridines is 1. The first-order chi connectivity index (χ1) is 27.4. The van der Waals surface area contributed by atoms with Crippen LogP contribution in [0.2, 0.25) is 0 Å². The number of aromatic nitrogens is 3. The lowest BCUT2D eigenvalue weighted by Gasteiger charge is -2.21. The number of pyridine rings is 3. The zero-order valence-electron chi connectivity index (χ0n) is 30.7. The lowest BCUT2D eigenvalue weighted by Crippen LogP contribution is -2.14. The summed E-state index contributed by atoms with van der Waals surface area (Å²) in [7, 11) is 0. The van der Waals surface area contributed by atoms with Crippen LogP contribution in [0.4, 0.5) is 8.78 Å².